The second kappa shape index (κ2) is 2.06. The lowest BCUT2D eigenvalue weighted by Crippen LogP contribution is -1.81. The van der Waals surface area contributed by atoms with Crippen molar-refractivity contribution in [2.45, 2.75) is 4.90 Å². The Balaban J connectivity index is 2.93. The van der Waals surface area contributed by atoms with Gasteiger partial charge >= 0.3 is 0 Å². The van der Waals surface area contributed by atoms with Gasteiger partial charge in [0.15, 0.2) is 11.1 Å². The molecule has 0 saturated carbocycles. The molecule has 8 heavy (non-hydrogen) atoms. The summed E-state index contributed by atoms with van der Waals surface area (Å²) in [6.45, 7) is 0. The van der Waals surface area contributed by atoms with Crippen molar-refractivity contribution in [1.29, 1.82) is 0 Å². The summed E-state index contributed by atoms with van der Waals surface area (Å²) in [5.41, 5.74) is 0. The monoisotopic (exact) mass is 133 g/mol. The molecule has 1 N–H and O–H groups in total. The van der Waals surface area contributed by atoms with Crippen LogP contribution in [-0.4, -0.2) is 13.9 Å². The van der Waals surface area contributed by atoms with Crippen LogP contribution < -0.4 is 0 Å². The SMILES string of the molecule is O=S(O)c1cnoc1. The quantitative estimate of drug-likeness (QED) is 0.558. The van der Waals surface area contributed by atoms with Crippen LogP contribution in [0.25, 0.3) is 0 Å². The lowest BCUT2D eigenvalue weighted by atomic mass is 10.8. The molecule has 1 rings (SSSR count). The Labute approximate surface area is 47.8 Å². The third kappa shape index (κ3) is 0.932. The van der Waals surface area contributed by atoms with E-state index in [-0.39, 0.29) is 4.90 Å². The maximum Gasteiger partial charge on any atom is 0.191 e. The standard InChI is InChI=1S/C3H3NO3S/c5-8(6)3-1-4-7-2-3/h1-2H,(H,5,6). The zero-order chi connectivity index (χ0) is 5.98. The van der Waals surface area contributed by atoms with E-state index in [9.17, 15) is 4.21 Å². The highest BCUT2D eigenvalue weighted by Crippen LogP contribution is 1.99. The van der Waals surface area contributed by atoms with Gasteiger partial charge in [-0.1, -0.05) is 5.16 Å². The molecule has 0 spiro atoms. The zero-order valence-corrected chi connectivity index (χ0v) is 4.59. The molecule has 0 bridgehead atoms. The number of nitrogens with zero attached hydrogens (tertiary/aromatic N) is 1. The first-order valence-corrected chi connectivity index (χ1v) is 2.91. The molecule has 1 heterocycles. The summed E-state index contributed by atoms with van der Waals surface area (Å²) in [5, 5.41) is 3.22. The van der Waals surface area contributed by atoms with Gasteiger partial charge in [-0.2, -0.15) is 0 Å². The number of rotatable bonds is 1. The lowest BCUT2D eigenvalue weighted by Gasteiger charge is -1.76. The van der Waals surface area contributed by atoms with Crippen molar-refractivity contribution < 1.29 is 13.3 Å². The minimum absolute atomic E-state index is 0.185. The van der Waals surface area contributed by atoms with Gasteiger partial charge in [-0.25, -0.2) is 4.21 Å². The van der Waals surface area contributed by atoms with E-state index < -0.39 is 11.1 Å². The molecule has 0 radical (unpaired) electrons. The molecule has 0 saturated heterocycles. The highest BCUT2D eigenvalue weighted by atomic mass is 32.2. The molecular formula is C3H3NO3S. The predicted octanol–water partition coefficient (Wildman–Crippen LogP) is 0.255. The Hall–Kier alpha value is -0.680. The van der Waals surface area contributed by atoms with E-state index in [1.807, 2.05) is 0 Å². The van der Waals surface area contributed by atoms with Crippen molar-refractivity contribution in [3.63, 3.8) is 0 Å². The van der Waals surface area contributed by atoms with Crippen LogP contribution in [0.2, 0.25) is 0 Å². The van der Waals surface area contributed by atoms with Crippen LogP contribution in [0.15, 0.2) is 21.9 Å². The van der Waals surface area contributed by atoms with E-state index in [4.69, 9.17) is 4.55 Å². The lowest BCUT2D eigenvalue weighted by molar-refractivity contribution is 0.417. The molecule has 1 unspecified atom stereocenters. The van der Waals surface area contributed by atoms with Crippen LogP contribution in [0.5, 0.6) is 0 Å². The van der Waals surface area contributed by atoms with E-state index in [1.54, 1.807) is 0 Å². The maximum absolute atomic E-state index is 10.1. The Morgan fingerprint density at radius 2 is 2.62 bits per heavy atom. The van der Waals surface area contributed by atoms with Crippen LogP contribution >= 0.6 is 0 Å². The molecule has 0 fully saturated rings. The molecule has 0 aliphatic heterocycles. The van der Waals surface area contributed by atoms with Crippen LogP contribution in [-0.2, 0) is 11.1 Å². The molecule has 1 aromatic heterocycles. The van der Waals surface area contributed by atoms with Gasteiger partial charge in [-0.15, -0.1) is 0 Å². The minimum atomic E-state index is -1.95. The Kier molecular flexibility index (Phi) is 1.40. The van der Waals surface area contributed by atoms with E-state index in [1.165, 1.54) is 6.20 Å². The number of hydrogen-bond acceptors (Lipinski definition) is 3. The smallest absolute Gasteiger partial charge is 0.191 e. The van der Waals surface area contributed by atoms with Crippen LogP contribution in [0.1, 0.15) is 0 Å². The average Bonchev–Trinajstić information content (AvgIpc) is 2.12. The van der Waals surface area contributed by atoms with E-state index in [0.29, 0.717) is 0 Å². The normalized spacial score (nSPS) is 13.6. The van der Waals surface area contributed by atoms with Crippen molar-refractivity contribution in [2.24, 2.45) is 0 Å². The molecule has 0 aliphatic rings. The van der Waals surface area contributed by atoms with Crippen molar-refractivity contribution in [2.75, 3.05) is 0 Å². The van der Waals surface area contributed by atoms with Crippen molar-refractivity contribution in [3.05, 3.63) is 12.5 Å². The highest BCUT2D eigenvalue weighted by molar-refractivity contribution is 7.79. The predicted molar refractivity (Wildman–Crippen MR) is 25.5 cm³/mol. The maximum atomic E-state index is 10.1. The van der Waals surface area contributed by atoms with Crippen LogP contribution in [0.4, 0.5) is 0 Å². The summed E-state index contributed by atoms with van der Waals surface area (Å²) in [4.78, 5) is 0.185. The van der Waals surface area contributed by atoms with E-state index >= 15 is 0 Å². The summed E-state index contributed by atoms with van der Waals surface area (Å²) in [6, 6.07) is 0. The van der Waals surface area contributed by atoms with E-state index in [2.05, 4.69) is 9.68 Å². The molecule has 1 atom stereocenters. The van der Waals surface area contributed by atoms with Gasteiger partial charge in [0.1, 0.15) is 11.2 Å². The average molecular weight is 133 g/mol. The third-order valence-electron chi connectivity index (χ3n) is 0.611. The fourth-order valence-electron chi connectivity index (χ4n) is 0.281. The first-order chi connectivity index (χ1) is 3.80. The first kappa shape index (κ1) is 5.46. The molecule has 4 nitrogen and oxygen atoms in total. The molecule has 0 aromatic carbocycles. The summed E-state index contributed by atoms with van der Waals surface area (Å²) in [6.07, 6.45) is 2.31. The molecule has 5 heteroatoms. The van der Waals surface area contributed by atoms with Gasteiger partial charge in [0.2, 0.25) is 0 Å². The molecule has 44 valence electrons. The van der Waals surface area contributed by atoms with Gasteiger partial charge in [0.05, 0.1) is 6.20 Å². The zero-order valence-electron chi connectivity index (χ0n) is 3.77. The van der Waals surface area contributed by atoms with Crippen molar-refractivity contribution in [3.8, 4) is 0 Å². The van der Waals surface area contributed by atoms with Gasteiger partial charge in [-0.05, 0) is 0 Å². The largest absolute Gasteiger partial charge is 0.363 e. The Morgan fingerprint density at radius 1 is 1.88 bits per heavy atom. The third-order valence-corrected chi connectivity index (χ3v) is 1.22. The topological polar surface area (TPSA) is 63.3 Å². The first-order valence-electron chi connectivity index (χ1n) is 1.81. The van der Waals surface area contributed by atoms with Crippen LogP contribution in [0, 0.1) is 0 Å². The number of aromatic nitrogens is 1. The fraction of sp³-hybridized carbons (Fsp3) is 0. The van der Waals surface area contributed by atoms with Crippen LogP contribution in [0.3, 0.4) is 0 Å². The Morgan fingerprint density at radius 3 is 2.88 bits per heavy atom. The Bertz CT molecular complexity index is 182. The molecule has 0 aliphatic carbocycles. The summed E-state index contributed by atoms with van der Waals surface area (Å²) in [7, 11) is 0. The fourth-order valence-corrected chi connectivity index (χ4v) is 0.540. The second-order valence-electron chi connectivity index (χ2n) is 1.11. The second-order valence-corrected chi connectivity index (χ2v) is 2.08. The molecular weight excluding hydrogens is 130 g/mol. The number of hydrogen-bond donors (Lipinski definition) is 1. The van der Waals surface area contributed by atoms with Gasteiger partial charge < -0.3 is 9.08 Å². The van der Waals surface area contributed by atoms with Crippen molar-refractivity contribution >= 4 is 11.1 Å². The van der Waals surface area contributed by atoms with Gasteiger partial charge in [0, 0.05) is 0 Å². The van der Waals surface area contributed by atoms with Crippen molar-refractivity contribution in [1.82, 2.24) is 5.16 Å². The summed E-state index contributed by atoms with van der Waals surface area (Å²) in [5.74, 6) is 0. The highest BCUT2D eigenvalue weighted by Gasteiger charge is 1.98. The van der Waals surface area contributed by atoms with Gasteiger partial charge in [-0.3, -0.25) is 0 Å². The molecule has 0 amide bonds. The van der Waals surface area contributed by atoms with Gasteiger partial charge in [0.25, 0.3) is 0 Å². The summed E-state index contributed by atoms with van der Waals surface area (Å²) < 4.78 is 22.6. The molecule has 1 aromatic rings. The summed E-state index contributed by atoms with van der Waals surface area (Å²) >= 11 is -1.95. The minimum Gasteiger partial charge on any atom is -0.363 e. The van der Waals surface area contributed by atoms with E-state index in [0.717, 1.165) is 6.26 Å².